The number of fused-ring (bicyclic) bond motifs is 1. The van der Waals surface area contributed by atoms with E-state index in [9.17, 15) is 9.18 Å². The van der Waals surface area contributed by atoms with Crippen molar-refractivity contribution in [1.29, 1.82) is 0 Å². The third-order valence-electron chi connectivity index (χ3n) is 5.61. The molecule has 0 saturated heterocycles. The molecular weight excluding hydrogens is 419 g/mol. The molecule has 1 aliphatic rings. The molecule has 1 saturated carbocycles. The van der Waals surface area contributed by atoms with Crippen molar-refractivity contribution in [3.8, 4) is 11.1 Å². The minimum atomic E-state index is -0.520. The summed E-state index contributed by atoms with van der Waals surface area (Å²) < 4.78 is 16.6. The molecule has 0 bridgehead atoms. The molecule has 0 radical (unpaired) electrons. The number of aryl methyl sites for hydroxylation is 2. The number of carbonyl (C=O) groups is 1. The topological polar surface area (TPSA) is 85.6 Å². The van der Waals surface area contributed by atoms with Gasteiger partial charge < -0.3 is 5.32 Å². The molecule has 0 aliphatic heterocycles. The van der Waals surface area contributed by atoms with Crippen molar-refractivity contribution in [2.24, 2.45) is 13.0 Å². The van der Waals surface area contributed by atoms with Crippen molar-refractivity contribution < 1.29 is 9.18 Å². The van der Waals surface area contributed by atoms with E-state index < -0.39 is 5.82 Å². The van der Waals surface area contributed by atoms with Crippen LogP contribution in [0.5, 0.6) is 0 Å². The second kappa shape index (κ2) is 7.39. The molecule has 0 spiro atoms. The summed E-state index contributed by atoms with van der Waals surface area (Å²) >= 11 is 6.30. The Hall–Kier alpha value is -3.39. The number of hydrogen-bond acceptors (Lipinski definition) is 5. The van der Waals surface area contributed by atoms with Crippen LogP contribution in [-0.2, 0) is 11.8 Å². The van der Waals surface area contributed by atoms with Crippen LogP contribution in [0, 0.1) is 18.7 Å². The van der Waals surface area contributed by atoms with E-state index in [0.29, 0.717) is 27.7 Å². The van der Waals surface area contributed by atoms with Crippen molar-refractivity contribution in [2.45, 2.75) is 19.3 Å². The summed E-state index contributed by atoms with van der Waals surface area (Å²) in [6.07, 6.45) is 7.29. The van der Waals surface area contributed by atoms with Crippen LogP contribution in [0.25, 0.3) is 21.9 Å². The Morgan fingerprint density at radius 1 is 1.29 bits per heavy atom. The van der Waals surface area contributed by atoms with Gasteiger partial charge in [0.25, 0.3) is 0 Å². The van der Waals surface area contributed by atoms with E-state index in [1.54, 1.807) is 36.3 Å². The van der Waals surface area contributed by atoms with E-state index in [1.165, 1.54) is 6.20 Å². The summed E-state index contributed by atoms with van der Waals surface area (Å²) in [6, 6.07) is 5.22. The molecule has 1 amide bonds. The Bertz CT molecular complexity index is 1340. The molecule has 3 heterocycles. The summed E-state index contributed by atoms with van der Waals surface area (Å²) in [6.45, 7) is 1.88. The zero-order chi connectivity index (χ0) is 21.7. The predicted molar refractivity (Wildman–Crippen MR) is 115 cm³/mol. The van der Waals surface area contributed by atoms with Crippen LogP contribution in [0.3, 0.4) is 0 Å². The van der Waals surface area contributed by atoms with Crippen LogP contribution in [-0.4, -0.2) is 30.9 Å². The first-order chi connectivity index (χ1) is 14.9. The van der Waals surface area contributed by atoms with Gasteiger partial charge in [-0.3, -0.25) is 14.5 Å². The maximum Gasteiger partial charge on any atom is 0.229 e. The average Bonchev–Trinajstić information content (AvgIpc) is 3.45. The largest absolute Gasteiger partial charge is 0.310 e. The average molecular weight is 437 g/mol. The Morgan fingerprint density at radius 2 is 2.13 bits per heavy atom. The molecule has 3 aromatic heterocycles. The fourth-order valence-electron chi connectivity index (χ4n) is 3.81. The highest BCUT2D eigenvalue weighted by Crippen LogP contribution is 2.47. The van der Waals surface area contributed by atoms with Gasteiger partial charge in [0.2, 0.25) is 5.91 Å². The number of hydrogen-bond donors (Lipinski definition) is 1. The summed E-state index contributed by atoms with van der Waals surface area (Å²) in [5, 5.41) is 12.0. The van der Waals surface area contributed by atoms with Gasteiger partial charge in [0, 0.05) is 60.2 Å². The van der Waals surface area contributed by atoms with Gasteiger partial charge >= 0.3 is 0 Å². The summed E-state index contributed by atoms with van der Waals surface area (Å²) in [5.41, 5.74) is 2.72. The van der Waals surface area contributed by atoms with Crippen molar-refractivity contribution in [3.05, 3.63) is 65.1 Å². The van der Waals surface area contributed by atoms with Gasteiger partial charge in [-0.15, -0.1) is 5.10 Å². The van der Waals surface area contributed by atoms with E-state index in [0.717, 1.165) is 17.7 Å². The lowest BCUT2D eigenvalue weighted by molar-refractivity contribution is -0.117. The Labute approximate surface area is 182 Å². The second-order valence-corrected chi connectivity index (χ2v) is 8.17. The standard InChI is InChI=1S/C22H18ClFN6O/c1-11-3-4-25-8-16(11)14-5-12-6-19(26-9-17(12)20(23)21(14)24)27-22(31)15-7-13(15)18-10-30(2)29-28-18/h3-6,8-10,13,15H,7H2,1-2H3,(H,26,27,31)/t13-,15-/m0/s1. The number of halogens is 2. The van der Waals surface area contributed by atoms with Gasteiger partial charge in [0.1, 0.15) is 11.6 Å². The molecule has 156 valence electrons. The van der Waals surface area contributed by atoms with E-state index in [-0.39, 0.29) is 22.8 Å². The number of carbonyl (C=O) groups excluding carboxylic acids is 1. The van der Waals surface area contributed by atoms with Gasteiger partial charge in [-0.05, 0) is 42.5 Å². The smallest absolute Gasteiger partial charge is 0.229 e. The Kier molecular flexibility index (Phi) is 4.66. The van der Waals surface area contributed by atoms with E-state index in [2.05, 4.69) is 25.6 Å². The minimum Gasteiger partial charge on any atom is -0.310 e. The molecule has 5 rings (SSSR count). The highest BCUT2D eigenvalue weighted by Gasteiger charge is 2.45. The number of aromatic nitrogens is 5. The third-order valence-corrected chi connectivity index (χ3v) is 5.98. The number of rotatable bonds is 4. The van der Waals surface area contributed by atoms with E-state index in [4.69, 9.17) is 11.6 Å². The second-order valence-electron chi connectivity index (χ2n) is 7.79. The molecule has 0 unspecified atom stereocenters. The van der Waals surface area contributed by atoms with Crippen LogP contribution in [0.4, 0.5) is 10.2 Å². The molecule has 1 aromatic carbocycles. The first-order valence-corrected chi connectivity index (χ1v) is 10.2. The molecule has 1 fully saturated rings. The number of nitrogens with zero attached hydrogens (tertiary/aromatic N) is 5. The predicted octanol–water partition coefficient (Wildman–Crippen LogP) is 4.27. The van der Waals surface area contributed by atoms with Crippen molar-refractivity contribution in [1.82, 2.24) is 25.0 Å². The molecule has 31 heavy (non-hydrogen) atoms. The van der Waals surface area contributed by atoms with E-state index in [1.807, 2.05) is 19.2 Å². The lowest BCUT2D eigenvalue weighted by Gasteiger charge is -2.12. The lowest BCUT2D eigenvalue weighted by atomic mass is 9.99. The quantitative estimate of drug-likeness (QED) is 0.516. The van der Waals surface area contributed by atoms with Crippen LogP contribution in [0.1, 0.15) is 23.6 Å². The molecule has 4 aromatic rings. The first kappa shape index (κ1) is 19.6. The number of pyridine rings is 2. The van der Waals surface area contributed by atoms with E-state index >= 15 is 0 Å². The van der Waals surface area contributed by atoms with Crippen LogP contribution < -0.4 is 5.32 Å². The lowest BCUT2D eigenvalue weighted by Crippen LogP contribution is -2.15. The van der Waals surface area contributed by atoms with Gasteiger partial charge in [-0.1, -0.05) is 16.8 Å². The number of benzene rings is 1. The molecule has 1 N–H and O–H groups in total. The molecule has 1 aliphatic carbocycles. The third kappa shape index (κ3) is 3.53. The molecular formula is C22H18ClFN6O. The van der Waals surface area contributed by atoms with Crippen molar-refractivity contribution in [2.75, 3.05) is 5.32 Å². The maximum atomic E-state index is 15.0. The SMILES string of the molecule is Cc1ccncc1-c1cc2cc(NC(=O)[C@H]3C[C@@H]3c3cn(C)nn3)ncc2c(Cl)c1F. The normalized spacial score (nSPS) is 17.7. The summed E-state index contributed by atoms with van der Waals surface area (Å²) in [7, 11) is 1.79. The van der Waals surface area contributed by atoms with Gasteiger partial charge in [0.05, 0.1) is 10.7 Å². The Morgan fingerprint density at radius 3 is 2.87 bits per heavy atom. The monoisotopic (exact) mass is 436 g/mol. The van der Waals surface area contributed by atoms with Gasteiger partial charge in [-0.25, -0.2) is 9.37 Å². The number of anilines is 1. The summed E-state index contributed by atoms with van der Waals surface area (Å²) in [5.74, 6) is -0.357. The first-order valence-electron chi connectivity index (χ1n) is 9.78. The van der Waals surface area contributed by atoms with Gasteiger partial charge in [-0.2, -0.15) is 0 Å². The highest BCUT2D eigenvalue weighted by molar-refractivity contribution is 6.36. The maximum absolute atomic E-state index is 15.0. The molecule has 9 heteroatoms. The van der Waals surface area contributed by atoms with Crippen LogP contribution in [0.2, 0.25) is 5.02 Å². The molecule has 7 nitrogen and oxygen atoms in total. The van der Waals surface area contributed by atoms with Crippen molar-refractivity contribution in [3.63, 3.8) is 0 Å². The fraction of sp³-hybridized carbons (Fsp3) is 0.227. The fourth-order valence-corrected chi connectivity index (χ4v) is 4.06. The molecule has 2 atom stereocenters. The Balaban J connectivity index is 1.44. The zero-order valence-corrected chi connectivity index (χ0v) is 17.6. The van der Waals surface area contributed by atoms with Crippen molar-refractivity contribution >= 4 is 34.1 Å². The number of amides is 1. The highest BCUT2D eigenvalue weighted by atomic mass is 35.5. The van der Waals surface area contributed by atoms with Gasteiger partial charge in [0.15, 0.2) is 0 Å². The van der Waals surface area contributed by atoms with Crippen LogP contribution >= 0.6 is 11.6 Å². The minimum absolute atomic E-state index is 0.00830. The zero-order valence-electron chi connectivity index (χ0n) is 16.8. The summed E-state index contributed by atoms with van der Waals surface area (Å²) in [4.78, 5) is 21.0. The van der Waals surface area contributed by atoms with Crippen LogP contribution in [0.15, 0.2) is 43.0 Å². The number of nitrogens with one attached hydrogen (secondary N) is 1.